The molecule has 1 aliphatic heterocycles. The summed E-state index contributed by atoms with van der Waals surface area (Å²) >= 11 is 0. The predicted octanol–water partition coefficient (Wildman–Crippen LogP) is 3.58. The number of nitrogens with one attached hydrogen (secondary N) is 3. The molecule has 0 radical (unpaired) electrons. The maximum absolute atomic E-state index is 14.4. The van der Waals surface area contributed by atoms with Gasteiger partial charge in [0.15, 0.2) is 9.84 Å². The van der Waals surface area contributed by atoms with Crippen molar-refractivity contribution in [3.8, 4) is 0 Å². The second-order valence-corrected chi connectivity index (χ2v) is 19.0. The number of Topliss-reactive ketones (excluding diaryl/α,β-unsaturated/α-hetero) is 1. The van der Waals surface area contributed by atoms with Gasteiger partial charge >= 0.3 is 6.03 Å². The van der Waals surface area contributed by atoms with Gasteiger partial charge in [-0.25, -0.2) is 13.2 Å². The molecular weight excluding hydrogens is 646 g/mol. The first-order valence-electron chi connectivity index (χ1n) is 17.2. The number of carbonyl (C=O) groups is 5. The number of nitrogens with zero attached hydrogens (tertiary/aromatic N) is 1. The highest BCUT2D eigenvalue weighted by atomic mass is 32.2. The minimum atomic E-state index is -3.75. The standard InChI is InChI=1S/C36H57N5O7S/c1-34(2,3)24-18-19-41(27(24)31(44)38-25(28(42)30(37)43)20-22-14-13-15-22)32(45)29(36(7,8)9)40-33(46)39-26(35(4,5)6)21-49(47,48)23-16-11-10-12-17-23/h10-12,16-17,22,24-27,29H,13-15,18-21H2,1-9H3,(H2,37,43)(H,38,44)(H2,39,40,46)/t24?,25?,26?,27-,29+/m0/s1. The van der Waals surface area contributed by atoms with E-state index in [-0.39, 0.29) is 29.0 Å². The monoisotopic (exact) mass is 703 g/mol. The Kier molecular flexibility index (Phi) is 12.4. The van der Waals surface area contributed by atoms with E-state index in [4.69, 9.17) is 5.73 Å². The van der Waals surface area contributed by atoms with Gasteiger partial charge in [-0.2, -0.15) is 0 Å². The largest absolute Gasteiger partial charge is 0.363 e. The first-order valence-corrected chi connectivity index (χ1v) is 18.9. The Morgan fingerprint density at radius 3 is 1.92 bits per heavy atom. The van der Waals surface area contributed by atoms with Crippen molar-refractivity contribution in [1.82, 2.24) is 20.9 Å². The van der Waals surface area contributed by atoms with Crippen molar-refractivity contribution in [2.24, 2.45) is 33.8 Å². The number of primary amides is 1. The molecule has 0 spiro atoms. The Morgan fingerprint density at radius 2 is 1.45 bits per heavy atom. The summed E-state index contributed by atoms with van der Waals surface area (Å²) in [6.45, 7) is 17.0. The maximum Gasteiger partial charge on any atom is 0.315 e. The fourth-order valence-corrected chi connectivity index (χ4v) is 8.38. The van der Waals surface area contributed by atoms with Crippen LogP contribution in [0.1, 0.15) is 94.4 Å². The lowest BCUT2D eigenvalue weighted by molar-refractivity contribution is -0.145. The van der Waals surface area contributed by atoms with Crippen LogP contribution in [-0.4, -0.2) is 79.3 Å². The van der Waals surface area contributed by atoms with Crippen molar-refractivity contribution >= 4 is 39.4 Å². The normalized spacial score (nSPS) is 20.8. The molecule has 0 bridgehead atoms. The summed E-state index contributed by atoms with van der Waals surface area (Å²) in [7, 11) is -3.75. The van der Waals surface area contributed by atoms with Crippen LogP contribution in [0.5, 0.6) is 0 Å². The molecular formula is C36H57N5O7S. The number of amides is 5. The predicted molar refractivity (Wildman–Crippen MR) is 188 cm³/mol. The molecule has 5 amide bonds. The number of sulfone groups is 1. The van der Waals surface area contributed by atoms with Gasteiger partial charge in [-0.15, -0.1) is 0 Å². The van der Waals surface area contributed by atoms with Crippen LogP contribution in [0.4, 0.5) is 4.79 Å². The zero-order chi connectivity index (χ0) is 37.1. The van der Waals surface area contributed by atoms with E-state index >= 15 is 0 Å². The zero-order valence-corrected chi connectivity index (χ0v) is 31.4. The van der Waals surface area contributed by atoms with Crippen LogP contribution < -0.4 is 21.7 Å². The number of likely N-dealkylation sites (tertiary alicyclic amines) is 1. The van der Waals surface area contributed by atoms with Crippen molar-refractivity contribution in [2.75, 3.05) is 12.3 Å². The zero-order valence-electron chi connectivity index (χ0n) is 30.6. The van der Waals surface area contributed by atoms with E-state index in [1.165, 1.54) is 17.0 Å². The van der Waals surface area contributed by atoms with Crippen LogP contribution in [0.2, 0.25) is 0 Å². The third-order valence-corrected chi connectivity index (χ3v) is 11.7. The highest BCUT2D eigenvalue weighted by Gasteiger charge is 2.50. The highest BCUT2D eigenvalue weighted by molar-refractivity contribution is 7.91. The Hall–Kier alpha value is -3.48. The molecule has 12 nitrogen and oxygen atoms in total. The minimum absolute atomic E-state index is 0.147. The molecule has 3 rings (SSSR count). The van der Waals surface area contributed by atoms with Crippen LogP contribution in [0.3, 0.4) is 0 Å². The van der Waals surface area contributed by atoms with E-state index in [2.05, 4.69) is 16.0 Å². The van der Waals surface area contributed by atoms with Crippen molar-refractivity contribution in [3.63, 3.8) is 0 Å². The van der Waals surface area contributed by atoms with Crippen molar-refractivity contribution < 1.29 is 32.4 Å². The Morgan fingerprint density at radius 1 is 0.857 bits per heavy atom. The van der Waals surface area contributed by atoms with Gasteiger partial charge in [0.2, 0.25) is 17.6 Å². The lowest BCUT2D eigenvalue weighted by Gasteiger charge is -2.39. The molecule has 1 aromatic rings. The molecule has 1 saturated carbocycles. The van der Waals surface area contributed by atoms with Crippen molar-refractivity contribution in [3.05, 3.63) is 30.3 Å². The van der Waals surface area contributed by atoms with Crippen LogP contribution in [0, 0.1) is 28.1 Å². The van der Waals surface area contributed by atoms with Crippen LogP contribution in [-0.2, 0) is 29.0 Å². The number of rotatable bonds is 12. The second kappa shape index (κ2) is 15.2. The summed E-state index contributed by atoms with van der Waals surface area (Å²) in [5, 5.41) is 8.41. The topological polar surface area (TPSA) is 185 Å². The average Bonchev–Trinajstić information content (AvgIpc) is 3.41. The highest BCUT2D eigenvalue weighted by Crippen LogP contribution is 2.40. The number of benzene rings is 1. The van der Waals surface area contributed by atoms with Gasteiger partial charge < -0.3 is 26.6 Å². The molecule has 5 atom stereocenters. The molecule has 2 fully saturated rings. The van der Waals surface area contributed by atoms with Gasteiger partial charge in [-0.1, -0.05) is 99.8 Å². The number of carbonyl (C=O) groups excluding carboxylic acids is 5. The van der Waals surface area contributed by atoms with Gasteiger partial charge in [0.1, 0.15) is 12.1 Å². The van der Waals surface area contributed by atoms with E-state index in [0.717, 1.165) is 19.3 Å². The minimum Gasteiger partial charge on any atom is -0.363 e. The third kappa shape index (κ3) is 10.3. The summed E-state index contributed by atoms with van der Waals surface area (Å²) < 4.78 is 26.5. The lowest BCUT2D eigenvalue weighted by Crippen LogP contribution is -2.62. The molecule has 1 aromatic carbocycles. The second-order valence-electron chi connectivity index (χ2n) is 17.0. The quantitative estimate of drug-likeness (QED) is 0.240. The van der Waals surface area contributed by atoms with Gasteiger partial charge in [0.05, 0.1) is 16.7 Å². The van der Waals surface area contributed by atoms with Crippen molar-refractivity contribution in [2.45, 2.75) is 123 Å². The summed E-state index contributed by atoms with van der Waals surface area (Å²) in [6, 6.07) is 3.36. The molecule has 5 N–H and O–H groups in total. The Balaban J connectivity index is 1.88. The molecule has 274 valence electrons. The number of hydrogen-bond donors (Lipinski definition) is 4. The van der Waals surface area contributed by atoms with E-state index in [1.54, 1.807) is 39.0 Å². The molecule has 1 aliphatic carbocycles. The lowest BCUT2D eigenvalue weighted by atomic mass is 9.75. The smallest absolute Gasteiger partial charge is 0.315 e. The number of ketones is 1. The number of hydrogen-bond acceptors (Lipinski definition) is 7. The fourth-order valence-electron chi connectivity index (χ4n) is 6.59. The summed E-state index contributed by atoms with van der Waals surface area (Å²) in [5.41, 5.74) is 3.48. The van der Waals surface area contributed by atoms with E-state index in [0.29, 0.717) is 12.8 Å². The summed E-state index contributed by atoms with van der Waals surface area (Å²) in [4.78, 5) is 68.4. The molecule has 49 heavy (non-hydrogen) atoms. The number of urea groups is 1. The van der Waals surface area contributed by atoms with Gasteiger partial charge in [0, 0.05) is 12.6 Å². The Bertz CT molecular complexity index is 1490. The summed E-state index contributed by atoms with van der Waals surface area (Å²) in [5.74, 6) is -3.44. The van der Waals surface area contributed by atoms with Crippen LogP contribution in [0.25, 0.3) is 0 Å². The summed E-state index contributed by atoms with van der Waals surface area (Å²) in [6.07, 6.45) is 3.62. The van der Waals surface area contributed by atoms with Gasteiger partial charge in [-0.3, -0.25) is 19.2 Å². The van der Waals surface area contributed by atoms with Crippen LogP contribution in [0.15, 0.2) is 35.2 Å². The molecule has 2 aliphatic rings. The number of nitrogens with two attached hydrogens (primary N) is 1. The molecule has 1 heterocycles. The van der Waals surface area contributed by atoms with E-state index in [1.807, 2.05) is 41.5 Å². The van der Waals surface area contributed by atoms with E-state index in [9.17, 15) is 32.4 Å². The fraction of sp³-hybridized carbons (Fsp3) is 0.694. The molecule has 1 saturated heterocycles. The maximum atomic E-state index is 14.4. The SMILES string of the molecule is CC(C)(C)C(CS(=O)(=O)c1ccccc1)NC(=O)N[C@H](C(=O)N1CCC(C(C)(C)C)[C@H]1C(=O)NC(CC1CCC1)C(=O)C(N)=O)C(C)(C)C. The average molecular weight is 704 g/mol. The van der Waals surface area contributed by atoms with Crippen molar-refractivity contribution in [1.29, 1.82) is 0 Å². The molecule has 3 unspecified atom stereocenters. The van der Waals surface area contributed by atoms with Gasteiger partial charge in [-0.05, 0) is 53.1 Å². The Labute approximate surface area is 292 Å². The van der Waals surface area contributed by atoms with E-state index < -0.39 is 79.8 Å². The van der Waals surface area contributed by atoms with Gasteiger partial charge in [0.25, 0.3) is 5.91 Å². The van der Waals surface area contributed by atoms with Crippen LogP contribution >= 0.6 is 0 Å². The third-order valence-electron chi connectivity index (χ3n) is 9.96. The molecule has 0 aromatic heterocycles. The first kappa shape index (κ1) is 40.0. The molecule has 13 heteroatoms. The first-order chi connectivity index (χ1) is 22.4.